The van der Waals surface area contributed by atoms with Crippen molar-refractivity contribution < 1.29 is 4.79 Å². The average molecular weight is 206 g/mol. The fourth-order valence-electron chi connectivity index (χ4n) is 1.15. The molecule has 1 N–H and O–H groups in total. The second-order valence-corrected chi connectivity index (χ2v) is 3.95. The van der Waals surface area contributed by atoms with Crippen LogP contribution in [0.4, 0.5) is 5.69 Å². The zero-order valence-corrected chi connectivity index (χ0v) is 8.38. The Labute approximate surface area is 86.6 Å². The Balaban J connectivity index is 2.05. The van der Waals surface area contributed by atoms with Crippen molar-refractivity contribution in [3.05, 3.63) is 30.3 Å². The van der Waals surface area contributed by atoms with Gasteiger partial charge in [0.25, 0.3) is 0 Å². The van der Waals surface area contributed by atoms with E-state index in [1.165, 1.54) is 11.8 Å². The smallest absolute Gasteiger partial charge is 0.198 e. The summed E-state index contributed by atoms with van der Waals surface area (Å²) in [4.78, 5) is 15.3. The molecule has 0 fully saturated rings. The summed E-state index contributed by atoms with van der Waals surface area (Å²) < 4.78 is 0. The third-order valence-corrected chi connectivity index (χ3v) is 2.66. The number of hydrogen-bond donors (Lipinski definition) is 1. The third-order valence-electron chi connectivity index (χ3n) is 1.81. The number of hydrogen-bond acceptors (Lipinski definition) is 4. The zero-order valence-electron chi connectivity index (χ0n) is 7.56. The van der Waals surface area contributed by atoms with Crippen LogP contribution in [0.2, 0.25) is 0 Å². The van der Waals surface area contributed by atoms with Crippen LogP contribution in [0.15, 0.2) is 35.3 Å². The Morgan fingerprint density at radius 2 is 2.07 bits per heavy atom. The molecule has 0 bridgehead atoms. The number of amidine groups is 1. The van der Waals surface area contributed by atoms with Crippen molar-refractivity contribution in [3.63, 3.8) is 0 Å². The fourth-order valence-corrected chi connectivity index (χ4v) is 1.88. The van der Waals surface area contributed by atoms with Gasteiger partial charge in [0.1, 0.15) is 0 Å². The van der Waals surface area contributed by atoms with Gasteiger partial charge in [0.2, 0.25) is 0 Å². The van der Waals surface area contributed by atoms with E-state index in [1.54, 1.807) is 0 Å². The molecule has 0 spiro atoms. The number of carbonyl (C=O) groups excluding carboxylic acids is 1. The molecule has 0 atom stereocenters. The summed E-state index contributed by atoms with van der Waals surface area (Å²) in [5.41, 5.74) is 0.966. The van der Waals surface area contributed by atoms with Crippen molar-refractivity contribution in [2.75, 3.05) is 11.9 Å². The van der Waals surface area contributed by atoms with Crippen molar-refractivity contribution in [1.82, 2.24) is 0 Å². The summed E-state index contributed by atoms with van der Waals surface area (Å²) in [6.07, 6.45) is 0.546. The maximum atomic E-state index is 11.1. The molecule has 1 aliphatic heterocycles. The highest BCUT2D eigenvalue weighted by atomic mass is 32.2. The molecule has 14 heavy (non-hydrogen) atoms. The minimum atomic E-state index is 0.179. The number of rotatable bonds is 1. The van der Waals surface area contributed by atoms with E-state index < -0.39 is 0 Å². The quantitative estimate of drug-likeness (QED) is 0.765. The topological polar surface area (TPSA) is 41.5 Å². The Morgan fingerprint density at radius 1 is 1.29 bits per heavy atom. The predicted octanol–water partition coefficient (Wildman–Crippen LogP) is 2.12. The minimum absolute atomic E-state index is 0.179. The maximum absolute atomic E-state index is 11.1. The number of nitrogens with one attached hydrogen (secondary N) is 1. The van der Waals surface area contributed by atoms with E-state index in [9.17, 15) is 4.79 Å². The molecule has 0 saturated heterocycles. The van der Waals surface area contributed by atoms with E-state index >= 15 is 0 Å². The van der Waals surface area contributed by atoms with Crippen LogP contribution in [0.5, 0.6) is 0 Å². The van der Waals surface area contributed by atoms with Gasteiger partial charge in [-0.1, -0.05) is 18.2 Å². The Kier molecular flexibility index (Phi) is 2.84. The lowest BCUT2D eigenvalue weighted by Gasteiger charge is -2.11. The Bertz CT molecular complexity index is 362. The van der Waals surface area contributed by atoms with Crippen LogP contribution in [-0.4, -0.2) is 16.8 Å². The summed E-state index contributed by atoms with van der Waals surface area (Å²) in [7, 11) is 0. The first-order valence-corrected chi connectivity index (χ1v) is 5.23. The van der Waals surface area contributed by atoms with Gasteiger partial charge in [0, 0.05) is 18.7 Å². The molecule has 0 radical (unpaired) electrons. The van der Waals surface area contributed by atoms with Gasteiger partial charge in [-0.15, -0.1) is 0 Å². The van der Waals surface area contributed by atoms with Crippen molar-refractivity contribution in [3.8, 4) is 0 Å². The molecule has 72 valence electrons. The minimum Gasteiger partial charge on any atom is -0.335 e. The number of aliphatic imine (C=N–C) groups is 1. The number of nitrogens with zero attached hydrogens (tertiary/aromatic N) is 1. The second-order valence-electron chi connectivity index (χ2n) is 2.90. The number of thioether (sulfide) groups is 1. The van der Waals surface area contributed by atoms with Crippen LogP contribution < -0.4 is 5.32 Å². The van der Waals surface area contributed by atoms with Crippen LogP contribution >= 0.6 is 11.8 Å². The van der Waals surface area contributed by atoms with Crippen LogP contribution in [0, 0.1) is 0 Å². The van der Waals surface area contributed by atoms with E-state index in [1.807, 2.05) is 30.3 Å². The molecule has 0 unspecified atom stereocenters. The molecule has 1 heterocycles. The lowest BCUT2D eigenvalue weighted by Crippen LogP contribution is -2.16. The molecule has 1 aliphatic rings. The predicted molar refractivity (Wildman–Crippen MR) is 59.6 cm³/mol. The summed E-state index contributed by atoms with van der Waals surface area (Å²) in [5, 5.41) is 3.98. The SMILES string of the molecule is O=C1CCN=C(Nc2ccccc2)S1. The first-order valence-electron chi connectivity index (χ1n) is 4.42. The van der Waals surface area contributed by atoms with Crippen molar-refractivity contribution >= 4 is 27.7 Å². The van der Waals surface area contributed by atoms with Crippen molar-refractivity contribution in [1.29, 1.82) is 0 Å². The molecule has 1 aromatic rings. The molecule has 2 rings (SSSR count). The van der Waals surface area contributed by atoms with Gasteiger partial charge in [0.05, 0.1) is 0 Å². The largest absolute Gasteiger partial charge is 0.335 e. The van der Waals surface area contributed by atoms with Gasteiger partial charge in [-0.2, -0.15) is 0 Å². The molecule has 1 aromatic carbocycles. The standard InChI is InChI=1S/C10H10N2OS/c13-9-6-7-11-10(14-9)12-8-4-2-1-3-5-8/h1-5H,6-7H2,(H,11,12). The van der Waals surface area contributed by atoms with Crippen LogP contribution in [0.1, 0.15) is 6.42 Å². The Hall–Kier alpha value is -1.29. The summed E-state index contributed by atoms with van der Waals surface area (Å²) in [5.74, 6) is 0. The molecule has 4 heteroatoms. The van der Waals surface area contributed by atoms with Gasteiger partial charge in [-0.3, -0.25) is 9.79 Å². The van der Waals surface area contributed by atoms with E-state index in [2.05, 4.69) is 10.3 Å². The molecule has 3 nitrogen and oxygen atoms in total. The molecular formula is C10H10N2OS. The lowest BCUT2D eigenvalue weighted by molar-refractivity contribution is -0.110. The summed E-state index contributed by atoms with van der Waals surface area (Å²) >= 11 is 1.18. The van der Waals surface area contributed by atoms with E-state index in [0.717, 1.165) is 5.69 Å². The molecule has 0 aromatic heterocycles. The highest BCUT2D eigenvalue weighted by Crippen LogP contribution is 2.16. The van der Waals surface area contributed by atoms with E-state index in [0.29, 0.717) is 18.1 Å². The van der Waals surface area contributed by atoms with Gasteiger partial charge >= 0.3 is 0 Å². The molecule has 0 saturated carbocycles. The fraction of sp³-hybridized carbons (Fsp3) is 0.200. The third kappa shape index (κ3) is 2.35. The van der Waals surface area contributed by atoms with Gasteiger partial charge in [-0.05, 0) is 23.9 Å². The van der Waals surface area contributed by atoms with Crippen molar-refractivity contribution in [2.24, 2.45) is 4.99 Å². The average Bonchev–Trinajstić information content (AvgIpc) is 2.19. The number of benzene rings is 1. The monoisotopic (exact) mass is 206 g/mol. The molecular weight excluding hydrogens is 196 g/mol. The maximum Gasteiger partial charge on any atom is 0.198 e. The summed E-state index contributed by atoms with van der Waals surface area (Å²) in [6.45, 7) is 0.598. The van der Waals surface area contributed by atoms with E-state index in [4.69, 9.17) is 0 Å². The van der Waals surface area contributed by atoms with Crippen LogP contribution in [0.25, 0.3) is 0 Å². The molecule has 0 amide bonds. The molecule has 0 aliphatic carbocycles. The van der Waals surface area contributed by atoms with Gasteiger partial charge in [-0.25, -0.2) is 0 Å². The lowest BCUT2D eigenvalue weighted by atomic mass is 10.3. The van der Waals surface area contributed by atoms with Gasteiger partial charge in [0.15, 0.2) is 10.3 Å². The van der Waals surface area contributed by atoms with Crippen LogP contribution in [0.3, 0.4) is 0 Å². The zero-order chi connectivity index (χ0) is 9.80. The Morgan fingerprint density at radius 3 is 2.79 bits per heavy atom. The normalized spacial score (nSPS) is 16.3. The number of anilines is 1. The second kappa shape index (κ2) is 4.28. The number of carbonyl (C=O) groups is 1. The highest BCUT2D eigenvalue weighted by Gasteiger charge is 2.13. The van der Waals surface area contributed by atoms with E-state index in [-0.39, 0.29) is 5.12 Å². The van der Waals surface area contributed by atoms with Crippen LogP contribution in [-0.2, 0) is 4.79 Å². The first kappa shape index (κ1) is 9.27. The van der Waals surface area contributed by atoms with Gasteiger partial charge < -0.3 is 5.32 Å². The summed E-state index contributed by atoms with van der Waals surface area (Å²) in [6, 6.07) is 9.73. The highest BCUT2D eigenvalue weighted by molar-refractivity contribution is 8.26. The number of para-hydroxylation sites is 1. The first-order chi connectivity index (χ1) is 6.84. The van der Waals surface area contributed by atoms with Crippen molar-refractivity contribution in [2.45, 2.75) is 6.42 Å².